The maximum absolute atomic E-state index is 12.3. The second-order valence-corrected chi connectivity index (χ2v) is 7.87. The van der Waals surface area contributed by atoms with Crippen LogP contribution in [0.2, 0.25) is 0 Å². The molecule has 0 aromatic heterocycles. The Morgan fingerprint density at radius 1 is 0.840 bits per heavy atom. The first kappa shape index (κ1) is 19.9. The van der Waals surface area contributed by atoms with Crippen LogP contribution >= 0.6 is 0 Å². The van der Waals surface area contributed by atoms with Crippen molar-refractivity contribution in [1.82, 2.24) is 0 Å². The Hall–Kier alpha value is -1.44. The van der Waals surface area contributed by atoms with Gasteiger partial charge in [0.05, 0.1) is 0 Å². The molecule has 0 N–H and O–H groups in total. The highest BCUT2D eigenvalue weighted by Gasteiger charge is 2.22. The molecule has 2 heteroatoms. The summed E-state index contributed by atoms with van der Waals surface area (Å²) in [7, 11) is 0. The Morgan fingerprint density at radius 2 is 1.32 bits per heavy atom. The molecule has 0 heterocycles. The van der Waals surface area contributed by atoms with Gasteiger partial charge in [-0.15, -0.1) is 0 Å². The Morgan fingerprint density at radius 3 is 1.80 bits per heavy atom. The largest absolute Gasteiger partial charge is 0.266 e. The quantitative estimate of drug-likeness (QED) is 0.526. The predicted octanol–water partition coefficient (Wildman–Crippen LogP) is 7.61. The Bertz CT molecular complexity index is 654. The second kappa shape index (κ2) is 8.29. The summed E-state index contributed by atoms with van der Waals surface area (Å²) in [4.78, 5) is 0. The number of rotatable bonds is 4. The van der Waals surface area contributed by atoms with Crippen molar-refractivity contribution in [3.8, 4) is 0 Å². The highest BCUT2D eigenvalue weighted by molar-refractivity contribution is 5.65. The molecule has 138 valence electrons. The molecule has 1 aliphatic carbocycles. The van der Waals surface area contributed by atoms with Gasteiger partial charge in [-0.05, 0) is 125 Å². The van der Waals surface area contributed by atoms with E-state index in [4.69, 9.17) is 0 Å². The summed E-state index contributed by atoms with van der Waals surface area (Å²) in [6.45, 7) is 13.3. The standard InChI is InChI=1S/C23H32F2/c1-14(21-10-7-20(8-11-21)9-12-23(24)25)13-22-18(5)16(3)15(2)17(4)19(22)6/h12-13,20-21H,7-11H2,1-6H3. The van der Waals surface area contributed by atoms with E-state index in [9.17, 15) is 8.78 Å². The molecule has 0 atom stereocenters. The zero-order valence-corrected chi connectivity index (χ0v) is 16.6. The van der Waals surface area contributed by atoms with Crippen molar-refractivity contribution in [1.29, 1.82) is 0 Å². The van der Waals surface area contributed by atoms with Gasteiger partial charge in [0, 0.05) is 0 Å². The molecule has 0 unspecified atom stereocenters. The van der Waals surface area contributed by atoms with Gasteiger partial charge in [-0.1, -0.05) is 11.6 Å². The summed E-state index contributed by atoms with van der Waals surface area (Å²) in [5.74, 6) is 1.02. The lowest BCUT2D eigenvalue weighted by Gasteiger charge is -2.29. The highest BCUT2D eigenvalue weighted by atomic mass is 19.3. The van der Waals surface area contributed by atoms with Gasteiger partial charge in [-0.3, -0.25) is 0 Å². The van der Waals surface area contributed by atoms with E-state index in [1.807, 2.05) is 0 Å². The average molecular weight is 347 g/mol. The van der Waals surface area contributed by atoms with Gasteiger partial charge in [-0.25, -0.2) is 0 Å². The monoisotopic (exact) mass is 346 g/mol. The molecule has 1 aliphatic rings. The van der Waals surface area contributed by atoms with E-state index in [-0.39, 0.29) is 0 Å². The van der Waals surface area contributed by atoms with Crippen LogP contribution in [0.15, 0.2) is 17.7 Å². The van der Waals surface area contributed by atoms with Crippen LogP contribution in [0.5, 0.6) is 0 Å². The minimum Gasteiger partial charge on any atom is -0.174 e. The summed E-state index contributed by atoms with van der Waals surface area (Å²) in [5, 5.41) is 0. The van der Waals surface area contributed by atoms with Crippen molar-refractivity contribution in [2.45, 2.75) is 73.6 Å². The summed E-state index contributed by atoms with van der Waals surface area (Å²) < 4.78 is 24.5. The first-order valence-corrected chi connectivity index (χ1v) is 9.48. The molecule has 1 fully saturated rings. The Balaban J connectivity index is 2.15. The van der Waals surface area contributed by atoms with E-state index in [1.54, 1.807) is 0 Å². The van der Waals surface area contributed by atoms with Gasteiger partial charge in [-0.2, -0.15) is 8.78 Å². The van der Waals surface area contributed by atoms with Crippen molar-refractivity contribution in [3.63, 3.8) is 0 Å². The van der Waals surface area contributed by atoms with E-state index in [0.29, 0.717) is 18.3 Å². The van der Waals surface area contributed by atoms with Crippen molar-refractivity contribution in [3.05, 3.63) is 51.1 Å². The maximum atomic E-state index is 12.3. The zero-order chi connectivity index (χ0) is 18.7. The molecule has 1 aromatic carbocycles. The first-order chi connectivity index (χ1) is 11.7. The molecule has 25 heavy (non-hydrogen) atoms. The fourth-order valence-electron chi connectivity index (χ4n) is 4.20. The highest BCUT2D eigenvalue weighted by Crippen LogP contribution is 2.37. The van der Waals surface area contributed by atoms with Crippen LogP contribution < -0.4 is 0 Å². The third kappa shape index (κ3) is 4.59. The lowest BCUT2D eigenvalue weighted by Crippen LogP contribution is -2.15. The van der Waals surface area contributed by atoms with Crippen LogP contribution in [0, 0.1) is 46.5 Å². The van der Waals surface area contributed by atoms with Gasteiger partial charge in [0.1, 0.15) is 0 Å². The lowest BCUT2D eigenvalue weighted by molar-refractivity contribution is 0.300. The molecular formula is C23H32F2. The van der Waals surface area contributed by atoms with Crippen molar-refractivity contribution >= 4 is 6.08 Å². The van der Waals surface area contributed by atoms with Crippen LogP contribution in [-0.2, 0) is 0 Å². The van der Waals surface area contributed by atoms with Crippen molar-refractivity contribution in [2.75, 3.05) is 0 Å². The number of hydrogen-bond donors (Lipinski definition) is 0. The molecule has 0 aliphatic heterocycles. The molecule has 0 saturated heterocycles. The van der Waals surface area contributed by atoms with E-state index in [1.165, 1.54) is 39.0 Å². The molecule has 1 saturated carbocycles. The zero-order valence-electron chi connectivity index (χ0n) is 16.6. The molecule has 0 nitrogen and oxygen atoms in total. The maximum Gasteiger partial charge on any atom is 0.266 e. The van der Waals surface area contributed by atoms with Crippen LogP contribution in [0.25, 0.3) is 6.08 Å². The van der Waals surface area contributed by atoms with Crippen molar-refractivity contribution < 1.29 is 8.78 Å². The fourth-order valence-corrected chi connectivity index (χ4v) is 4.20. The van der Waals surface area contributed by atoms with E-state index >= 15 is 0 Å². The number of allylic oxidation sites excluding steroid dienone is 2. The van der Waals surface area contributed by atoms with Crippen LogP contribution in [0.1, 0.15) is 72.4 Å². The Kier molecular flexibility index (Phi) is 6.59. The second-order valence-electron chi connectivity index (χ2n) is 7.87. The predicted molar refractivity (Wildman–Crippen MR) is 104 cm³/mol. The van der Waals surface area contributed by atoms with Gasteiger partial charge in [0.2, 0.25) is 0 Å². The summed E-state index contributed by atoms with van der Waals surface area (Å²) in [5.41, 5.74) is 9.78. The molecule has 2 rings (SSSR count). The lowest BCUT2D eigenvalue weighted by atomic mass is 9.77. The normalized spacial score (nSPS) is 21.4. The number of hydrogen-bond acceptors (Lipinski definition) is 0. The Labute approximate surface area is 152 Å². The van der Waals surface area contributed by atoms with Gasteiger partial charge in [0.25, 0.3) is 6.08 Å². The van der Waals surface area contributed by atoms with Gasteiger partial charge < -0.3 is 0 Å². The average Bonchev–Trinajstić information content (AvgIpc) is 2.60. The van der Waals surface area contributed by atoms with E-state index in [2.05, 4.69) is 47.6 Å². The smallest absolute Gasteiger partial charge is 0.174 e. The molecule has 0 spiro atoms. The first-order valence-electron chi connectivity index (χ1n) is 9.48. The van der Waals surface area contributed by atoms with Crippen LogP contribution in [-0.4, -0.2) is 0 Å². The van der Waals surface area contributed by atoms with E-state index < -0.39 is 6.08 Å². The molecular weight excluding hydrogens is 314 g/mol. The summed E-state index contributed by atoms with van der Waals surface area (Å²) in [6, 6.07) is 0. The third-order valence-corrected chi connectivity index (χ3v) is 6.53. The molecule has 1 aromatic rings. The summed E-state index contributed by atoms with van der Waals surface area (Å²) in [6.07, 6.45) is 6.84. The van der Waals surface area contributed by atoms with Crippen LogP contribution in [0.4, 0.5) is 8.78 Å². The van der Waals surface area contributed by atoms with Gasteiger partial charge in [0.15, 0.2) is 0 Å². The topological polar surface area (TPSA) is 0 Å². The summed E-state index contributed by atoms with van der Waals surface area (Å²) >= 11 is 0. The molecule has 0 bridgehead atoms. The third-order valence-electron chi connectivity index (χ3n) is 6.53. The molecule has 0 radical (unpaired) electrons. The molecule has 0 amide bonds. The minimum absolute atomic E-state index is 0.429. The minimum atomic E-state index is -1.53. The SMILES string of the molecule is CC(=Cc1c(C)c(C)c(C)c(C)c1C)C1CCC(CC=C(F)F)CC1. The van der Waals surface area contributed by atoms with Crippen molar-refractivity contribution in [2.24, 2.45) is 11.8 Å². The van der Waals surface area contributed by atoms with E-state index in [0.717, 1.165) is 31.8 Å². The van der Waals surface area contributed by atoms with Crippen LogP contribution in [0.3, 0.4) is 0 Å². The van der Waals surface area contributed by atoms with Gasteiger partial charge >= 0.3 is 0 Å². The fraction of sp³-hybridized carbons (Fsp3) is 0.565. The number of benzene rings is 1. The number of halogens is 2.